The molecule has 0 bridgehead atoms. The van der Waals surface area contributed by atoms with Crippen LogP contribution in [0.3, 0.4) is 0 Å². The molecule has 2 aliphatic heterocycles. The SMILES string of the molecule is CC1(C)NC(=O)N(CCCC(=O)N2CCNCC2c2cccc(Cl)c2)C1=O. The highest BCUT2D eigenvalue weighted by Crippen LogP contribution is 2.25. The molecule has 146 valence electrons. The number of piperazine rings is 1. The first-order valence-electron chi connectivity index (χ1n) is 9.19. The number of hydrogen-bond donors (Lipinski definition) is 2. The van der Waals surface area contributed by atoms with Crippen molar-refractivity contribution in [3.63, 3.8) is 0 Å². The van der Waals surface area contributed by atoms with Crippen LogP contribution in [0, 0.1) is 0 Å². The molecule has 2 N–H and O–H groups in total. The van der Waals surface area contributed by atoms with Gasteiger partial charge >= 0.3 is 6.03 Å². The lowest BCUT2D eigenvalue weighted by atomic mass is 10.0. The topological polar surface area (TPSA) is 81.8 Å². The van der Waals surface area contributed by atoms with Gasteiger partial charge < -0.3 is 15.5 Å². The molecule has 27 heavy (non-hydrogen) atoms. The number of hydrogen-bond acceptors (Lipinski definition) is 4. The average molecular weight is 393 g/mol. The smallest absolute Gasteiger partial charge is 0.325 e. The molecule has 0 radical (unpaired) electrons. The highest BCUT2D eigenvalue weighted by molar-refractivity contribution is 6.30. The van der Waals surface area contributed by atoms with Crippen molar-refractivity contribution in [2.24, 2.45) is 0 Å². The van der Waals surface area contributed by atoms with Crippen LogP contribution in [-0.2, 0) is 9.59 Å². The van der Waals surface area contributed by atoms with E-state index in [1.807, 2.05) is 29.2 Å². The summed E-state index contributed by atoms with van der Waals surface area (Å²) in [5, 5.41) is 6.61. The Hall–Kier alpha value is -2.12. The Morgan fingerprint density at radius 3 is 2.78 bits per heavy atom. The largest absolute Gasteiger partial charge is 0.333 e. The summed E-state index contributed by atoms with van der Waals surface area (Å²) in [5.41, 5.74) is 0.121. The lowest BCUT2D eigenvalue weighted by molar-refractivity contribution is -0.135. The summed E-state index contributed by atoms with van der Waals surface area (Å²) in [5.74, 6) is -0.230. The summed E-state index contributed by atoms with van der Waals surface area (Å²) in [6.07, 6.45) is 0.731. The number of urea groups is 1. The maximum absolute atomic E-state index is 12.8. The Bertz CT molecular complexity index is 752. The minimum absolute atomic E-state index is 0.0211. The van der Waals surface area contributed by atoms with E-state index in [9.17, 15) is 14.4 Å². The Kier molecular flexibility index (Phi) is 5.72. The number of halogens is 1. The summed E-state index contributed by atoms with van der Waals surface area (Å²) < 4.78 is 0. The Balaban J connectivity index is 1.59. The zero-order valence-corrected chi connectivity index (χ0v) is 16.4. The minimum Gasteiger partial charge on any atom is -0.333 e. The molecule has 1 atom stereocenters. The number of amides is 4. The van der Waals surface area contributed by atoms with Crippen molar-refractivity contribution in [3.05, 3.63) is 34.9 Å². The van der Waals surface area contributed by atoms with Gasteiger partial charge in [0.2, 0.25) is 5.91 Å². The molecule has 1 unspecified atom stereocenters. The average Bonchev–Trinajstić information content (AvgIpc) is 2.83. The standard InChI is InChI=1S/C19H25ClN4O3/c1-19(2)17(26)24(18(27)22-19)9-4-7-16(25)23-10-8-21-12-15(23)13-5-3-6-14(20)11-13/h3,5-6,11,15,21H,4,7-10,12H2,1-2H3,(H,22,27). The number of benzene rings is 1. The van der Waals surface area contributed by atoms with Gasteiger partial charge in [0.15, 0.2) is 0 Å². The van der Waals surface area contributed by atoms with Crippen LogP contribution in [0.2, 0.25) is 5.02 Å². The summed E-state index contributed by atoms with van der Waals surface area (Å²) in [7, 11) is 0. The quantitative estimate of drug-likeness (QED) is 0.750. The van der Waals surface area contributed by atoms with Gasteiger partial charge in [0, 0.05) is 37.6 Å². The summed E-state index contributed by atoms with van der Waals surface area (Å²) in [6.45, 7) is 5.63. The minimum atomic E-state index is -0.878. The summed E-state index contributed by atoms with van der Waals surface area (Å²) in [6, 6.07) is 7.09. The van der Waals surface area contributed by atoms with Gasteiger partial charge in [-0.3, -0.25) is 14.5 Å². The Labute approximate surface area is 164 Å². The molecule has 1 aromatic rings. The molecule has 4 amide bonds. The van der Waals surface area contributed by atoms with Crippen LogP contribution in [0.4, 0.5) is 4.79 Å². The third-order valence-electron chi connectivity index (χ3n) is 5.01. The van der Waals surface area contributed by atoms with Gasteiger partial charge in [-0.2, -0.15) is 0 Å². The molecular weight excluding hydrogens is 368 g/mol. The van der Waals surface area contributed by atoms with E-state index >= 15 is 0 Å². The second-order valence-electron chi connectivity index (χ2n) is 7.48. The zero-order chi connectivity index (χ0) is 19.6. The van der Waals surface area contributed by atoms with Crippen molar-refractivity contribution < 1.29 is 14.4 Å². The van der Waals surface area contributed by atoms with Crippen LogP contribution < -0.4 is 10.6 Å². The molecule has 2 saturated heterocycles. The number of rotatable bonds is 5. The van der Waals surface area contributed by atoms with Crippen molar-refractivity contribution in [1.82, 2.24) is 20.4 Å². The molecule has 0 aliphatic carbocycles. The zero-order valence-electron chi connectivity index (χ0n) is 15.6. The fraction of sp³-hybridized carbons (Fsp3) is 0.526. The van der Waals surface area contributed by atoms with Crippen LogP contribution in [0.5, 0.6) is 0 Å². The molecule has 2 heterocycles. The molecular formula is C19H25ClN4O3. The van der Waals surface area contributed by atoms with Crippen molar-refractivity contribution in [2.75, 3.05) is 26.2 Å². The molecule has 0 aromatic heterocycles. The highest BCUT2D eigenvalue weighted by atomic mass is 35.5. The van der Waals surface area contributed by atoms with Gasteiger partial charge in [0.05, 0.1) is 6.04 Å². The van der Waals surface area contributed by atoms with E-state index in [4.69, 9.17) is 11.6 Å². The van der Waals surface area contributed by atoms with E-state index in [0.29, 0.717) is 24.5 Å². The third kappa shape index (κ3) is 4.25. The second kappa shape index (κ2) is 7.86. The van der Waals surface area contributed by atoms with Crippen molar-refractivity contribution in [3.8, 4) is 0 Å². The molecule has 2 fully saturated rings. The van der Waals surface area contributed by atoms with Gasteiger partial charge in [0.1, 0.15) is 5.54 Å². The molecule has 0 saturated carbocycles. The molecule has 7 nitrogen and oxygen atoms in total. The van der Waals surface area contributed by atoms with Gasteiger partial charge in [-0.05, 0) is 38.0 Å². The predicted molar refractivity (Wildman–Crippen MR) is 102 cm³/mol. The van der Waals surface area contributed by atoms with E-state index in [1.165, 1.54) is 4.90 Å². The maximum atomic E-state index is 12.8. The van der Waals surface area contributed by atoms with E-state index < -0.39 is 11.6 Å². The fourth-order valence-corrected chi connectivity index (χ4v) is 3.77. The number of carbonyl (C=O) groups excluding carboxylic acids is 3. The first kappa shape index (κ1) is 19.6. The monoisotopic (exact) mass is 392 g/mol. The van der Waals surface area contributed by atoms with Gasteiger partial charge in [-0.15, -0.1) is 0 Å². The van der Waals surface area contributed by atoms with Crippen molar-refractivity contribution in [2.45, 2.75) is 38.3 Å². The van der Waals surface area contributed by atoms with Gasteiger partial charge in [-0.1, -0.05) is 23.7 Å². The number of nitrogens with zero attached hydrogens (tertiary/aromatic N) is 2. The van der Waals surface area contributed by atoms with E-state index in [0.717, 1.165) is 12.1 Å². The van der Waals surface area contributed by atoms with Gasteiger partial charge in [0.25, 0.3) is 5.91 Å². The maximum Gasteiger partial charge on any atom is 0.325 e. The Morgan fingerprint density at radius 1 is 1.33 bits per heavy atom. The first-order chi connectivity index (χ1) is 12.8. The number of carbonyl (C=O) groups is 3. The number of imide groups is 1. The molecule has 3 rings (SSSR count). The van der Waals surface area contributed by atoms with E-state index in [1.54, 1.807) is 13.8 Å². The van der Waals surface area contributed by atoms with Gasteiger partial charge in [-0.25, -0.2) is 4.79 Å². The van der Waals surface area contributed by atoms with Crippen molar-refractivity contribution in [1.29, 1.82) is 0 Å². The fourth-order valence-electron chi connectivity index (χ4n) is 3.57. The van der Waals surface area contributed by atoms with Crippen LogP contribution in [0.15, 0.2) is 24.3 Å². The Morgan fingerprint density at radius 2 is 2.11 bits per heavy atom. The highest BCUT2D eigenvalue weighted by Gasteiger charge is 2.43. The van der Waals surface area contributed by atoms with Crippen molar-refractivity contribution >= 4 is 29.4 Å². The molecule has 0 spiro atoms. The van der Waals surface area contributed by atoms with E-state index in [2.05, 4.69) is 10.6 Å². The van der Waals surface area contributed by atoms with Crippen LogP contribution in [0.25, 0.3) is 0 Å². The lowest BCUT2D eigenvalue weighted by Gasteiger charge is -2.37. The lowest BCUT2D eigenvalue weighted by Crippen LogP contribution is -2.48. The second-order valence-corrected chi connectivity index (χ2v) is 7.91. The normalized spacial score (nSPS) is 22.1. The van der Waals surface area contributed by atoms with Crippen LogP contribution in [0.1, 0.15) is 38.3 Å². The number of nitrogens with one attached hydrogen (secondary N) is 2. The predicted octanol–water partition coefficient (Wildman–Crippen LogP) is 1.92. The first-order valence-corrected chi connectivity index (χ1v) is 9.57. The third-order valence-corrected chi connectivity index (χ3v) is 5.25. The summed E-state index contributed by atoms with van der Waals surface area (Å²) >= 11 is 6.10. The molecule has 2 aliphatic rings. The molecule has 1 aromatic carbocycles. The van der Waals surface area contributed by atoms with E-state index in [-0.39, 0.29) is 30.8 Å². The van der Waals surface area contributed by atoms with Crippen LogP contribution in [-0.4, -0.2) is 59.4 Å². The molecule has 8 heteroatoms. The van der Waals surface area contributed by atoms with Crippen LogP contribution >= 0.6 is 11.6 Å². The summed E-state index contributed by atoms with van der Waals surface area (Å²) in [4.78, 5) is 40.0.